The van der Waals surface area contributed by atoms with Crippen LogP contribution in [0.4, 0.5) is 17.6 Å². The Kier molecular flexibility index (Phi) is 14.7. The van der Waals surface area contributed by atoms with E-state index >= 15 is 0 Å². The maximum atomic E-state index is 14.6. The van der Waals surface area contributed by atoms with Crippen molar-refractivity contribution >= 4 is 53.0 Å². The molecule has 1 spiro atoms. The van der Waals surface area contributed by atoms with E-state index in [1.807, 2.05) is 13.8 Å². The van der Waals surface area contributed by atoms with Crippen LogP contribution in [0.15, 0.2) is 24.3 Å². The number of likely N-dealkylation sites (N-methyl/N-ethyl adjacent to an activating group) is 2. The average molecular weight is 886 g/mol. The van der Waals surface area contributed by atoms with E-state index in [-0.39, 0.29) is 38.6 Å². The van der Waals surface area contributed by atoms with Gasteiger partial charge in [0.1, 0.15) is 41.9 Å². The third kappa shape index (κ3) is 11.1. The fourth-order valence-electron chi connectivity index (χ4n) is 7.93. The Labute approximate surface area is 357 Å². The number of amides is 7. The van der Waals surface area contributed by atoms with Crippen LogP contribution in [-0.4, -0.2) is 142 Å². The molecule has 0 radical (unpaired) electrons. The number of carbonyl (C=O) groups excluding carboxylic acids is 7. The van der Waals surface area contributed by atoms with E-state index in [0.29, 0.717) is 54.0 Å². The first-order valence-electron chi connectivity index (χ1n) is 20.7. The number of carbonyl (C=O) groups is 7. The van der Waals surface area contributed by atoms with Gasteiger partial charge in [-0.3, -0.25) is 33.6 Å². The van der Waals surface area contributed by atoms with E-state index in [1.165, 1.54) is 19.0 Å². The molecule has 7 atom stereocenters. The van der Waals surface area contributed by atoms with Crippen molar-refractivity contribution in [2.45, 2.75) is 139 Å². The van der Waals surface area contributed by atoms with Crippen LogP contribution >= 0.6 is 11.6 Å². The molecule has 2 saturated heterocycles. The molecule has 5 rings (SSSR count). The Hall–Kier alpha value is -4.52. The lowest BCUT2D eigenvalue weighted by Gasteiger charge is -2.35. The minimum absolute atomic E-state index is 0.0310. The number of halogens is 5. The Morgan fingerprint density at radius 1 is 1.07 bits per heavy atom. The number of likely N-dealkylation sites (tertiary alicyclic amines) is 1. The van der Waals surface area contributed by atoms with Gasteiger partial charge in [-0.2, -0.15) is 13.2 Å². The van der Waals surface area contributed by atoms with Crippen molar-refractivity contribution in [1.82, 2.24) is 36.0 Å². The van der Waals surface area contributed by atoms with Crippen molar-refractivity contribution < 1.29 is 56.2 Å². The van der Waals surface area contributed by atoms with Gasteiger partial charge in [0, 0.05) is 38.5 Å². The molecule has 5 N–H and O–H groups in total. The van der Waals surface area contributed by atoms with Crippen LogP contribution in [0, 0.1) is 11.8 Å². The zero-order valence-corrected chi connectivity index (χ0v) is 35.7. The van der Waals surface area contributed by atoms with Crippen LogP contribution in [0.1, 0.15) is 84.1 Å². The maximum absolute atomic E-state index is 14.6. The summed E-state index contributed by atoms with van der Waals surface area (Å²) >= 11 is 6.25. The van der Waals surface area contributed by atoms with Crippen molar-refractivity contribution in [2.24, 2.45) is 11.8 Å². The van der Waals surface area contributed by atoms with Crippen molar-refractivity contribution in [3.05, 3.63) is 34.9 Å². The summed E-state index contributed by atoms with van der Waals surface area (Å²) < 4.78 is 55.4. The second-order valence-electron chi connectivity index (χ2n) is 17.5. The van der Waals surface area contributed by atoms with Gasteiger partial charge in [-0.1, -0.05) is 37.6 Å². The molecule has 0 bridgehead atoms. The third-order valence-corrected chi connectivity index (χ3v) is 12.3. The lowest BCUT2D eigenvalue weighted by molar-refractivity contribution is -0.250. The third-order valence-electron chi connectivity index (χ3n) is 12.1. The Morgan fingerprint density at radius 3 is 2.33 bits per heavy atom. The first-order chi connectivity index (χ1) is 28.5. The Morgan fingerprint density at radius 2 is 1.74 bits per heavy atom. The van der Waals surface area contributed by atoms with Gasteiger partial charge in [0.05, 0.1) is 6.54 Å². The second-order valence-corrected chi connectivity index (χ2v) is 17.9. The van der Waals surface area contributed by atoms with E-state index < -0.39 is 114 Å². The number of benzene rings is 1. The zero-order valence-electron chi connectivity index (χ0n) is 34.9. The molecule has 2 aliphatic heterocycles. The average Bonchev–Trinajstić information content (AvgIpc) is 4.13. The van der Waals surface area contributed by atoms with E-state index in [1.54, 1.807) is 24.3 Å². The quantitative estimate of drug-likeness (QED) is 0.221. The summed E-state index contributed by atoms with van der Waals surface area (Å²) in [6, 6.07) is 0.162. The van der Waals surface area contributed by atoms with Crippen LogP contribution in [0.2, 0.25) is 5.02 Å². The molecule has 7 amide bonds. The molecule has 61 heavy (non-hydrogen) atoms. The monoisotopic (exact) mass is 885 g/mol. The Bertz CT molecular complexity index is 1860. The largest absolute Gasteiger partial charge is 0.426 e. The maximum Gasteiger partial charge on any atom is 0.426 e. The fourth-order valence-corrected chi connectivity index (χ4v) is 8.15. The van der Waals surface area contributed by atoms with Crippen molar-refractivity contribution in [3.63, 3.8) is 0 Å². The van der Waals surface area contributed by atoms with Gasteiger partial charge in [0.25, 0.3) is 5.91 Å². The summed E-state index contributed by atoms with van der Waals surface area (Å²) in [5.41, 5.74) is -4.42. The summed E-state index contributed by atoms with van der Waals surface area (Å²) in [5.74, 6) is -6.62. The predicted octanol–water partition coefficient (Wildman–Crippen LogP) is 2.16. The number of nitrogens with one attached hydrogen (secondary N) is 4. The zero-order chi connectivity index (χ0) is 45.2. The van der Waals surface area contributed by atoms with Gasteiger partial charge in [-0.15, -0.1) is 0 Å². The molecular formula is C41H56ClF4N7O8. The highest BCUT2D eigenvalue weighted by atomic mass is 35.5. The van der Waals surface area contributed by atoms with Crippen LogP contribution in [0.5, 0.6) is 0 Å². The molecule has 4 fully saturated rings. The Balaban J connectivity index is 1.41. The fraction of sp³-hybridized carbons (Fsp3) is 0.683. The number of nitrogens with zero attached hydrogens (tertiary/aromatic N) is 3. The minimum Gasteiger partial charge on any atom is -0.373 e. The second kappa shape index (κ2) is 18.8. The molecule has 15 nitrogen and oxygen atoms in total. The van der Waals surface area contributed by atoms with Gasteiger partial charge in [-0.05, 0) is 87.8 Å². The standard InChI is InChI=1S/C41H56ClF4N7O8/c1-22(2)17-27-35(57)52(5)29(19-23-9-8-10-25(42)18-23)34(56)50-40(14-15-40)37(59)47-16-7-6-11-28(32(54)48-27)51(4)36(58)31(24-12-13-24)49-33(55)30-20-26(43)21-53(30)38(60)39(3,61)41(44,45)46/h8-10,18,22,24,26-31,61H,6-7,11-17,19-21H2,1-5H3,(H,47,59)(H,48,54)(H,49,55)(H,50,56)/t26-,27+,28+,29+,30+,31+,39-/m1/s1. The molecule has 20 heteroatoms. The van der Waals surface area contributed by atoms with E-state index in [4.69, 9.17) is 11.6 Å². The van der Waals surface area contributed by atoms with E-state index in [9.17, 15) is 56.2 Å². The summed E-state index contributed by atoms with van der Waals surface area (Å²) in [7, 11) is 2.77. The number of alkyl halides is 4. The first kappa shape index (κ1) is 47.5. The number of rotatable bonds is 10. The molecule has 0 unspecified atom stereocenters. The molecule has 338 valence electrons. The van der Waals surface area contributed by atoms with E-state index in [0.717, 1.165) is 4.90 Å². The summed E-state index contributed by atoms with van der Waals surface area (Å²) in [6.07, 6.45) is -5.38. The van der Waals surface area contributed by atoms with Gasteiger partial charge in [0.2, 0.25) is 41.0 Å². The molecular weight excluding hydrogens is 830 g/mol. The highest BCUT2D eigenvalue weighted by molar-refractivity contribution is 6.30. The minimum atomic E-state index is -5.42. The summed E-state index contributed by atoms with van der Waals surface area (Å²) in [4.78, 5) is 99.7. The predicted molar refractivity (Wildman–Crippen MR) is 213 cm³/mol. The molecule has 2 heterocycles. The molecule has 1 aromatic rings. The normalized spacial score (nSPS) is 26.9. The van der Waals surface area contributed by atoms with Crippen LogP contribution in [0.3, 0.4) is 0 Å². The van der Waals surface area contributed by atoms with Gasteiger partial charge < -0.3 is 41.1 Å². The van der Waals surface area contributed by atoms with Crippen molar-refractivity contribution in [1.29, 1.82) is 0 Å². The summed E-state index contributed by atoms with van der Waals surface area (Å²) in [5, 5.41) is 21.5. The van der Waals surface area contributed by atoms with Crippen molar-refractivity contribution in [3.8, 4) is 0 Å². The topological polar surface area (TPSA) is 198 Å². The van der Waals surface area contributed by atoms with E-state index in [2.05, 4.69) is 21.3 Å². The first-order valence-corrected chi connectivity index (χ1v) is 21.1. The number of hydrogen-bond acceptors (Lipinski definition) is 8. The van der Waals surface area contributed by atoms with Crippen LogP contribution in [-0.2, 0) is 40.0 Å². The smallest absolute Gasteiger partial charge is 0.373 e. The highest BCUT2D eigenvalue weighted by Gasteiger charge is 2.60. The lowest BCUT2D eigenvalue weighted by atomic mass is 9.98. The van der Waals surface area contributed by atoms with Gasteiger partial charge in [-0.25, -0.2) is 4.39 Å². The SMILES string of the molecule is CC(C)C[C@@H]1NC(=O)[C@@H](N(C)C(=O)[C@@H](NC(=O)[C@@H]2C[C@@H](F)CN2C(=O)[C@@](C)(O)C(F)(F)F)C2CC2)CCCCNC(=O)C2(CC2)NC(=O)[C@H](Cc2cccc(Cl)c2)N(C)C1=O. The molecule has 2 aliphatic carbocycles. The molecule has 4 aliphatic rings. The highest BCUT2D eigenvalue weighted by Crippen LogP contribution is 2.38. The lowest BCUT2D eigenvalue weighted by Crippen LogP contribution is -2.62. The number of hydrogen-bond donors (Lipinski definition) is 5. The molecule has 1 aromatic carbocycles. The summed E-state index contributed by atoms with van der Waals surface area (Å²) in [6.45, 7) is 3.19. The van der Waals surface area contributed by atoms with Crippen molar-refractivity contribution in [2.75, 3.05) is 27.2 Å². The molecule has 2 saturated carbocycles. The van der Waals surface area contributed by atoms with Gasteiger partial charge >= 0.3 is 6.18 Å². The van der Waals surface area contributed by atoms with Crippen LogP contribution in [0.25, 0.3) is 0 Å². The number of aliphatic hydroxyl groups is 1. The van der Waals surface area contributed by atoms with Crippen LogP contribution < -0.4 is 21.3 Å². The van der Waals surface area contributed by atoms with Gasteiger partial charge in [0.15, 0.2) is 0 Å². The molecule has 0 aromatic heterocycles.